The van der Waals surface area contributed by atoms with Crippen molar-refractivity contribution in [3.63, 3.8) is 0 Å². The van der Waals surface area contributed by atoms with Crippen molar-refractivity contribution in [3.8, 4) is 0 Å². The summed E-state index contributed by atoms with van der Waals surface area (Å²) in [5, 5.41) is 0. The molecule has 136 valence electrons. The van der Waals surface area contributed by atoms with Crippen LogP contribution in [0.5, 0.6) is 0 Å². The lowest BCUT2D eigenvalue weighted by Gasteiger charge is -2.18. The Morgan fingerprint density at radius 2 is 2.04 bits per heavy atom. The normalized spacial score (nSPS) is 11.7. The SMILES string of the molecule is CC(C)(C)ONC(=O)c1cc2ncn(Cc3cccc(F)c3F)c2cn1. The van der Waals surface area contributed by atoms with Crippen LogP contribution >= 0.6 is 0 Å². The number of nitrogens with zero attached hydrogens (tertiary/aromatic N) is 3. The Bertz CT molecular complexity index is 963. The fourth-order valence-electron chi connectivity index (χ4n) is 2.31. The zero-order chi connectivity index (χ0) is 18.9. The van der Waals surface area contributed by atoms with E-state index in [9.17, 15) is 13.6 Å². The van der Waals surface area contributed by atoms with Gasteiger partial charge in [-0.25, -0.2) is 24.2 Å². The van der Waals surface area contributed by atoms with Crippen LogP contribution in [-0.2, 0) is 11.4 Å². The van der Waals surface area contributed by atoms with Gasteiger partial charge < -0.3 is 4.57 Å². The minimum Gasteiger partial charge on any atom is -0.325 e. The van der Waals surface area contributed by atoms with Crippen molar-refractivity contribution in [2.24, 2.45) is 0 Å². The number of halogens is 2. The maximum absolute atomic E-state index is 13.9. The molecular weight excluding hydrogens is 342 g/mol. The smallest absolute Gasteiger partial charge is 0.293 e. The molecule has 0 bridgehead atoms. The highest BCUT2D eigenvalue weighted by molar-refractivity contribution is 5.94. The van der Waals surface area contributed by atoms with Crippen LogP contribution in [0.15, 0.2) is 36.8 Å². The van der Waals surface area contributed by atoms with Crippen LogP contribution in [-0.4, -0.2) is 26.0 Å². The standard InChI is InChI=1S/C18H18F2N4O2/c1-18(2,3)26-23-17(25)14-7-13-15(8-21-14)24(10-22-13)9-11-5-4-6-12(19)16(11)20/h4-8,10H,9H2,1-3H3,(H,23,25). The molecule has 0 spiro atoms. The molecule has 2 heterocycles. The lowest BCUT2D eigenvalue weighted by atomic mass is 10.2. The molecular formula is C18H18F2N4O2. The van der Waals surface area contributed by atoms with E-state index in [-0.39, 0.29) is 17.8 Å². The first-order valence-electron chi connectivity index (χ1n) is 7.97. The minimum absolute atomic E-state index is 0.0977. The number of fused-ring (bicyclic) bond motifs is 1. The fraction of sp³-hybridized carbons (Fsp3) is 0.278. The van der Waals surface area contributed by atoms with E-state index in [2.05, 4.69) is 15.4 Å². The zero-order valence-electron chi connectivity index (χ0n) is 14.6. The molecule has 8 heteroatoms. The van der Waals surface area contributed by atoms with Gasteiger partial charge >= 0.3 is 0 Å². The Morgan fingerprint density at radius 3 is 2.77 bits per heavy atom. The van der Waals surface area contributed by atoms with Crippen molar-refractivity contribution in [3.05, 3.63) is 59.7 Å². The van der Waals surface area contributed by atoms with Crippen LogP contribution in [0.25, 0.3) is 11.0 Å². The second-order valence-electron chi connectivity index (χ2n) is 6.79. The van der Waals surface area contributed by atoms with Gasteiger partial charge in [0.25, 0.3) is 5.91 Å². The summed E-state index contributed by atoms with van der Waals surface area (Å²) in [6, 6.07) is 5.53. The van der Waals surface area contributed by atoms with Gasteiger partial charge in [0.1, 0.15) is 5.69 Å². The number of aromatic nitrogens is 3. The highest BCUT2D eigenvalue weighted by Gasteiger charge is 2.16. The first kappa shape index (κ1) is 17.9. The first-order chi connectivity index (χ1) is 12.2. The van der Waals surface area contributed by atoms with Crippen molar-refractivity contribution >= 4 is 16.9 Å². The molecule has 2 aromatic heterocycles. The van der Waals surface area contributed by atoms with Crippen LogP contribution in [0.4, 0.5) is 8.78 Å². The number of hydrogen-bond donors (Lipinski definition) is 1. The Kier molecular flexibility index (Phi) is 4.69. The van der Waals surface area contributed by atoms with E-state index in [0.717, 1.165) is 6.07 Å². The van der Waals surface area contributed by atoms with Gasteiger partial charge in [-0.05, 0) is 32.9 Å². The van der Waals surface area contributed by atoms with Gasteiger partial charge in [0, 0.05) is 5.56 Å². The van der Waals surface area contributed by atoms with Crippen LogP contribution < -0.4 is 5.48 Å². The molecule has 0 aliphatic rings. The Morgan fingerprint density at radius 1 is 1.27 bits per heavy atom. The van der Waals surface area contributed by atoms with Gasteiger partial charge in [-0.1, -0.05) is 12.1 Å². The summed E-state index contributed by atoms with van der Waals surface area (Å²) in [6.07, 6.45) is 2.95. The zero-order valence-corrected chi connectivity index (χ0v) is 14.6. The third kappa shape index (κ3) is 3.85. The number of carbonyl (C=O) groups excluding carboxylic acids is 1. The third-order valence-electron chi connectivity index (χ3n) is 3.56. The summed E-state index contributed by atoms with van der Waals surface area (Å²) in [7, 11) is 0. The average Bonchev–Trinajstić information content (AvgIpc) is 2.98. The second-order valence-corrected chi connectivity index (χ2v) is 6.79. The van der Waals surface area contributed by atoms with Crippen LogP contribution in [0.1, 0.15) is 36.8 Å². The molecule has 6 nitrogen and oxygen atoms in total. The molecule has 3 aromatic rings. The van der Waals surface area contributed by atoms with Crippen LogP contribution in [0.2, 0.25) is 0 Å². The number of amides is 1. The number of imidazole rings is 1. The molecule has 26 heavy (non-hydrogen) atoms. The molecule has 0 aliphatic heterocycles. The lowest BCUT2D eigenvalue weighted by molar-refractivity contribution is -0.0591. The molecule has 0 atom stereocenters. The molecule has 1 aromatic carbocycles. The summed E-state index contributed by atoms with van der Waals surface area (Å²) in [4.78, 5) is 25.6. The van der Waals surface area contributed by atoms with Gasteiger partial charge in [-0.2, -0.15) is 0 Å². The molecule has 0 aliphatic carbocycles. The summed E-state index contributed by atoms with van der Waals surface area (Å²) in [5.41, 5.74) is 3.26. The van der Waals surface area contributed by atoms with E-state index in [1.165, 1.54) is 30.7 Å². The molecule has 0 radical (unpaired) electrons. The van der Waals surface area contributed by atoms with E-state index in [4.69, 9.17) is 4.84 Å². The van der Waals surface area contributed by atoms with E-state index < -0.39 is 23.1 Å². The topological polar surface area (TPSA) is 69.0 Å². The number of rotatable bonds is 4. The highest BCUT2D eigenvalue weighted by Crippen LogP contribution is 2.18. The number of pyridine rings is 1. The minimum atomic E-state index is -0.900. The summed E-state index contributed by atoms with van der Waals surface area (Å²) >= 11 is 0. The van der Waals surface area contributed by atoms with Gasteiger partial charge in [-0.15, -0.1) is 0 Å². The van der Waals surface area contributed by atoms with Gasteiger partial charge in [0.05, 0.1) is 35.7 Å². The lowest BCUT2D eigenvalue weighted by Crippen LogP contribution is -2.33. The maximum Gasteiger partial charge on any atom is 0.293 e. The van der Waals surface area contributed by atoms with Crippen LogP contribution in [0.3, 0.4) is 0 Å². The monoisotopic (exact) mass is 360 g/mol. The number of benzene rings is 1. The fourth-order valence-corrected chi connectivity index (χ4v) is 2.31. The van der Waals surface area contributed by atoms with Crippen molar-refractivity contribution in [1.82, 2.24) is 20.0 Å². The quantitative estimate of drug-likeness (QED) is 0.726. The third-order valence-corrected chi connectivity index (χ3v) is 3.56. The molecule has 0 fully saturated rings. The van der Waals surface area contributed by atoms with Gasteiger partial charge in [0.15, 0.2) is 11.6 Å². The number of hydrogen-bond acceptors (Lipinski definition) is 4. The largest absolute Gasteiger partial charge is 0.325 e. The first-order valence-corrected chi connectivity index (χ1v) is 7.97. The molecule has 0 saturated carbocycles. The van der Waals surface area contributed by atoms with Crippen molar-refractivity contribution in [2.45, 2.75) is 32.9 Å². The van der Waals surface area contributed by atoms with Crippen LogP contribution in [0, 0.1) is 11.6 Å². The number of nitrogens with one attached hydrogen (secondary N) is 1. The summed E-state index contributed by atoms with van der Waals surface area (Å²) in [6.45, 7) is 5.51. The van der Waals surface area contributed by atoms with Gasteiger partial charge in [0.2, 0.25) is 0 Å². The van der Waals surface area contributed by atoms with E-state index >= 15 is 0 Å². The Balaban J connectivity index is 1.83. The molecule has 0 saturated heterocycles. The predicted molar refractivity (Wildman–Crippen MR) is 91.3 cm³/mol. The average molecular weight is 360 g/mol. The second kappa shape index (κ2) is 6.80. The van der Waals surface area contributed by atoms with Gasteiger partial charge in [-0.3, -0.25) is 9.63 Å². The van der Waals surface area contributed by atoms with Crippen molar-refractivity contribution in [1.29, 1.82) is 0 Å². The Labute approximate surface area is 148 Å². The van der Waals surface area contributed by atoms with Crippen molar-refractivity contribution < 1.29 is 18.4 Å². The molecule has 1 amide bonds. The van der Waals surface area contributed by atoms with E-state index in [0.29, 0.717) is 11.0 Å². The summed E-state index contributed by atoms with van der Waals surface area (Å²) < 4.78 is 28.8. The van der Waals surface area contributed by atoms with Crippen molar-refractivity contribution in [2.75, 3.05) is 0 Å². The summed E-state index contributed by atoms with van der Waals surface area (Å²) in [5.74, 6) is -2.28. The number of hydroxylamine groups is 1. The number of carbonyl (C=O) groups is 1. The molecule has 0 unspecified atom stereocenters. The highest BCUT2D eigenvalue weighted by atomic mass is 19.2. The van der Waals surface area contributed by atoms with E-state index in [1.807, 2.05) is 0 Å². The maximum atomic E-state index is 13.9. The molecule has 1 N–H and O–H groups in total. The predicted octanol–water partition coefficient (Wildman–Crippen LogP) is 3.22. The Hall–Kier alpha value is -2.87. The molecule has 3 rings (SSSR count). The van der Waals surface area contributed by atoms with E-state index in [1.54, 1.807) is 25.3 Å².